The molecule has 0 radical (unpaired) electrons. The number of ether oxygens (including phenoxy) is 2. The Kier molecular flexibility index (Phi) is 7.60. The van der Waals surface area contributed by atoms with Crippen molar-refractivity contribution in [2.45, 2.75) is 57.2 Å². The molecule has 2 fully saturated rings. The van der Waals surface area contributed by atoms with E-state index in [0.29, 0.717) is 25.2 Å². The average molecular weight is 319 g/mol. The molecule has 0 N–H and O–H groups in total. The largest absolute Gasteiger partial charge is 0.466 e. The zero-order valence-electron chi connectivity index (χ0n) is 12.1. The minimum absolute atomic E-state index is 0.0785. The third-order valence-corrected chi connectivity index (χ3v) is 5.44. The zero-order valence-corrected chi connectivity index (χ0v) is 13.8. The lowest BCUT2D eigenvalue weighted by atomic mass is 9.88. The average Bonchev–Trinajstić information content (AvgIpc) is 3.22. The second kappa shape index (κ2) is 9.21. The molecule has 0 bridgehead atoms. The molecule has 0 amide bonds. The first-order valence-electron chi connectivity index (χ1n) is 7.79. The molecule has 2 rings (SSSR count). The summed E-state index contributed by atoms with van der Waals surface area (Å²) < 4.78 is 10.7. The maximum absolute atomic E-state index is 11.3. The van der Waals surface area contributed by atoms with Crippen molar-refractivity contribution < 1.29 is 14.3 Å². The first-order valence-corrected chi connectivity index (χ1v) is 9.58. The number of carbonyl (C=O) groups excluding carboxylic acids is 1. The molecule has 3 atom stereocenters. The van der Waals surface area contributed by atoms with E-state index >= 15 is 0 Å². The molecule has 3 nitrogen and oxygen atoms in total. The minimum Gasteiger partial charge on any atom is -0.466 e. The maximum atomic E-state index is 11.3. The summed E-state index contributed by atoms with van der Waals surface area (Å²) in [4.78, 5) is 11.3. The van der Waals surface area contributed by atoms with Crippen molar-refractivity contribution in [1.29, 1.82) is 0 Å². The third-order valence-electron chi connectivity index (χ3n) is 4.02. The Morgan fingerprint density at radius 2 is 2.15 bits per heavy atom. The van der Waals surface area contributed by atoms with Gasteiger partial charge in [-0.25, -0.2) is 0 Å². The summed E-state index contributed by atoms with van der Waals surface area (Å²) in [6.07, 6.45) is 8.74. The van der Waals surface area contributed by atoms with Crippen LogP contribution in [0.1, 0.15) is 44.9 Å². The molecule has 1 saturated heterocycles. The number of thiol groups is 1. The Morgan fingerprint density at radius 1 is 1.25 bits per heavy atom. The van der Waals surface area contributed by atoms with E-state index in [4.69, 9.17) is 9.47 Å². The summed E-state index contributed by atoms with van der Waals surface area (Å²) in [6, 6.07) is 0. The van der Waals surface area contributed by atoms with E-state index in [-0.39, 0.29) is 5.97 Å². The van der Waals surface area contributed by atoms with Gasteiger partial charge in [0.1, 0.15) is 0 Å². The number of thioether (sulfide) groups is 1. The third kappa shape index (κ3) is 6.27. The fraction of sp³-hybridized carbons (Fsp3) is 0.933. The predicted molar refractivity (Wildman–Crippen MR) is 86.6 cm³/mol. The Hall–Kier alpha value is 0.130. The molecular weight excluding hydrogens is 292 g/mol. The van der Waals surface area contributed by atoms with Crippen LogP contribution in [0.15, 0.2) is 0 Å². The highest BCUT2D eigenvalue weighted by atomic mass is 32.2. The van der Waals surface area contributed by atoms with Crippen molar-refractivity contribution in [3.8, 4) is 0 Å². The zero-order chi connectivity index (χ0) is 14.2. The van der Waals surface area contributed by atoms with E-state index in [1.165, 1.54) is 31.4 Å². The monoisotopic (exact) mass is 318 g/mol. The van der Waals surface area contributed by atoms with Crippen LogP contribution in [-0.2, 0) is 14.3 Å². The Bertz CT molecular complexity index is 299. The lowest BCUT2D eigenvalue weighted by Gasteiger charge is -2.18. The fourth-order valence-electron chi connectivity index (χ4n) is 2.74. The summed E-state index contributed by atoms with van der Waals surface area (Å²) in [5.41, 5.74) is 0. The highest BCUT2D eigenvalue weighted by Gasteiger charge is 2.43. The van der Waals surface area contributed by atoms with E-state index in [2.05, 4.69) is 12.6 Å². The molecule has 1 aliphatic carbocycles. The van der Waals surface area contributed by atoms with Crippen molar-refractivity contribution in [1.82, 2.24) is 0 Å². The van der Waals surface area contributed by atoms with Gasteiger partial charge in [0.2, 0.25) is 0 Å². The Labute approximate surface area is 132 Å². The van der Waals surface area contributed by atoms with Crippen molar-refractivity contribution in [2.75, 3.05) is 23.9 Å². The van der Waals surface area contributed by atoms with Gasteiger partial charge in [0, 0.05) is 6.42 Å². The molecule has 0 spiro atoms. The minimum atomic E-state index is -0.0785. The van der Waals surface area contributed by atoms with Crippen LogP contribution in [0.4, 0.5) is 0 Å². The molecule has 0 aromatic carbocycles. The highest BCUT2D eigenvalue weighted by molar-refractivity contribution is 7.99. The Morgan fingerprint density at radius 3 is 2.95 bits per heavy atom. The number of epoxide rings is 1. The van der Waals surface area contributed by atoms with Crippen molar-refractivity contribution in [2.24, 2.45) is 5.92 Å². The number of esters is 1. The van der Waals surface area contributed by atoms with Crippen LogP contribution in [0.5, 0.6) is 0 Å². The lowest BCUT2D eigenvalue weighted by molar-refractivity contribution is -0.143. The number of fused-ring (bicyclic) bond motifs is 1. The van der Waals surface area contributed by atoms with Gasteiger partial charge in [0.25, 0.3) is 0 Å². The number of rotatable bonds is 10. The van der Waals surface area contributed by atoms with E-state index in [9.17, 15) is 4.79 Å². The molecule has 1 heterocycles. The molecule has 2 aliphatic rings. The summed E-state index contributed by atoms with van der Waals surface area (Å²) in [5, 5.41) is 0. The van der Waals surface area contributed by atoms with Crippen LogP contribution < -0.4 is 0 Å². The predicted octanol–water partition coefficient (Wildman–Crippen LogP) is 3.32. The Balaban J connectivity index is 1.35. The summed E-state index contributed by atoms with van der Waals surface area (Å²) >= 11 is 6.06. The number of hydrogen-bond acceptors (Lipinski definition) is 5. The van der Waals surface area contributed by atoms with Crippen LogP contribution in [0.3, 0.4) is 0 Å². The smallest absolute Gasteiger partial charge is 0.305 e. The number of hydrogen-bond donors (Lipinski definition) is 1. The molecule has 0 aromatic heterocycles. The van der Waals surface area contributed by atoms with Gasteiger partial charge >= 0.3 is 5.97 Å². The molecule has 3 unspecified atom stereocenters. The van der Waals surface area contributed by atoms with Gasteiger partial charge in [0.05, 0.1) is 18.8 Å². The van der Waals surface area contributed by atoms with Crippen molar-refractivity contribution >= 4 is 30.4 Å². The van der Waals surface area contributed by atoms with Crippen LogP contribution >= 0.6 is 24.4 Å². The van der Waals surface area contributed by atoms with Crippen molar-refractivity contribution in [3.05, 3.63) is 0 Å². The van der Waals surface area contributed by atoms with Gasteiger partial charge in [-0.3, -0.25) is 4.79 Å². The van der Waals surface area contributed by atoms with E-state index in [1.54, 1.807) is 0 Å². The van der Waals surface area contributed by atoms with Gasteiger partial charge in [-0.05, 0) is 61.7 Å². The van der Waals surface area contributed by atoms with E-state index < -0.39 is 0 Å². The molecule has 1 saturated carbocycles. The lowest BCUT2D eigenvalue weighted by Crippen LogP contribution is -2.14. The summed E-state index contributed by atoms with van der Waals surface area (Å²) in [6.45, 7) is 0.569. The van der Waals surface area contributed by atoms with Gasteiger partial charge in [-0.2, -0.15) is 24.4 Å². The molecule has 1 aliphatic heterocycles. The SMILES string of the molecule is O=C(CCCS)OCCCSCCC1CCC2OC2C1. The van der Waals surface area contributed by atoms with Crippen LogP contribution in [0.2, 0.25) is 0 Å². The van der Waals surface area contributed by atoms with Crippen LogP contribution in [-0.4, -0.2) is 42.0 Å². The van der Waals surface area contributed by atoms with Crippen LogP contribution in [0.25, 0.3) is 0 Å². The summed E-state index contributed by atoms with van der Waals surface area (Å²) in [7, 11) is 0. The highest BCUT2D eigenvalue weighted by Crippen LogP contribution is 2.40. The van der Waals surface area contributed by atoms with E-state index in [0.717, 1.165) is 30.3 Å². The second-order valence-electron chi connectivity index (χ2n) is 5.69. The summed E-state index contributed by atoms with van der Waals surface area (Å²) in [5.74, 6) is 3.87. The normalized spacial score (nSPS) is 27.9. The topological polar surface area (TPSA) is 38.8 Å². The molecular formula is C15H26O3S2. The standard InChI is InChI=1S/C15H26O3S2/c16-15(3-1-8-19)17-7-2-9-20-10-6-12-4-5-13-14(11-12)18-13/h12-14,19H,1-11H2. The molecule has 20 heavy (non-hydrogen) atoms. The molecule has 116 valence electrons. The first-order chi connectivity index (χ1) is 9.79. The molecule has 0 aromatic rings. The van der Waals surface area contributed by atoms with Crippen molar-refractivity contribution in [3.63, 3.8) is 0 Å². The van der Waals surface area contributed by atoms with E-state index in [1.807, 2.05) is 11.8 Å². The second-order valence-corrected chi connectivity index (χ2v) is 7.37. The van der Waals surface area contributed by atoms with Crippen LogP contribution in [0, 0.1) is 5.92 Å². The van der Waals surface area contributed by atoms with Gasteiger partial charge < -0.3 is 9.47 Å². The van der Waals surface area contributed by atoms with Gasteiger partial charge in [-0.15, -0.1) is 0 Å². The number of carbonyl (C=O) groups is 1. The molecule has 5 heteroatoms. The quantitative estimate of drug-likeness (QED) is 0.290. The first kappa shape index (κ1) is 16.5. The van der Waals surface area contributed by atoms with Gasteiger partial charge in [0.15, 0.2) is 0 Å². The maximum Gasteiger partial charge on any atom is 0.305 e. The fourth-order valence-corrected chi connectivity index (χ4v) is 3.93. The van der Waals surface area contributed by atoms with Gasteiger partial charge in [-0.1, -0.05) is 0 Å².